The van der Waals surface area contributed by atoms with E-state index in [-0.39, 0.29) is 12.2 Å². The molecule has 0 aromatic heterocycles. The van der Waals surface area contributed by atoms with Gasteiger partial charge in [-0.25, -0.2) is 4.79 Å². The third kappa shape index (κ3) is 2.98. The van der Waals surface area contributed by atoms with E-state index in [0.29, 0.717) is 13.1 Å². The molecule has 3 N–H and O–H groups in total. The molecule has 1 atom stereocenters. The zero-order valence-electron chi connectivity index (χ0n) is 6.21. The van der Waals surface area contributed by atoms with E-state index in [1.54, 1.807) is 11.8 Å². The number of nitrogens with one attached hydrogen (secondary N) is 1. The Morgan fingerprint density at radius 3 is 3.18 bits per heavy atom. The molecule has 1 rings (SSSR count). The van der Waals surface area contributed by atoms with E-state index >= 15 is 0 Å². The number of thioether (sulfide) groups is 1. The fourth-order valence-corrected chi connectivity index (χ4v) is 1.61. The molecule has 0 spiro atoms. The van der Waals surface area contributed by atoms with Crippen LogP contribution >= 0.6 is 11.8 Å². The zero-order chi connectivity index (χ0) is 8.10. The normalized spacial score (nSPS) is 23.0. The number of cyclic esters (lactones) is 1. The van der Waals surface area contributed by atoms with Gasteiger partial charge in [0.15, 0.2) is 0 Å². The van der Waals surface area contributed by atoms with Gasteiger partial charge < -0.3 is 15.8 Å². The van der Waals surface area contributed by atoms with E-state index in [1.165, 1.54) is 0 Å². The lowest BCUT2D eigenvalue weighted by Crippen LogP contribution is -2.17. The van der Waals surface area contributed by atoms with Crippen LogP contribution in [-0.2, 0) is 4.74 Å². The highest BCUT2D eigenvalue weighted by Crippen LogP contribution is 2.08. The summed E-state index contributed by atoms with van der Waals surface area (Å²) in [5.41, 5.74) is 5.30. The van der Waals surface area contributed by atoms with Crippen molar-refractivity contribution in [1.82, 2.24) is 5.32 Å². The van der Waals surface area contributed by atoms with Gasteiger partial charge in [-0.3, -0.25) is 0 Å². The van der Waals surface area contributed by atoms with Crippen LogP contribution in [0.1, 0.15) is 0 Å². The zero-order valence-corrected chi connectivity index (χ0v) is 7.02. The van der Waals surface area contributed by atoms with Crippen molar-refractivity contribution in [3.8, 4) is 0 Å². The van der Waals surface area contributed by atoms with Crippen molar-refractivity contribution in [3.63, 3.8) is 0 Å². The average Bonchev–Trinajstić information content (AvgIpc) is 2.37. The number of rotatable bonds is 4. The largest absolute Gasteiger partial charge is 0.443 e. The highest BCUT2D eigenvalue weighted by atomic mass is 32.2. The predicted molar refractivity (Wildman–Crippen MR) is 44.7 cm³/mol. The van der Waals surface area contributed by atoms with Crippen molar-refractivity contribution >= 4 is 17.9 Å². The number of ether oxygens (including phenoxy) is 1. The quantitative estimate of drug-likeness (QED) is 0.582. The fraction of sp³-hybridized carbons (Fsp3) is 0.833. The summed E-state index contributed by atoms with van der Waals surface area (Å²) in [6, 6.07) is 0. The molecule has 64 valence electrons. The van der Waals surface area contributed by atoms with Gasteiger partial charge in [-0.15, -0.1) is 0 Å². The lowest BCUT2D eigenvalue weighted by atomic mass is 10.4. The van der Waals surface area contributed by atoms with Crippen LogP contribution in [0.5, 0.6) is 0 Å². The third-order valence-electron chi connectivity index (χ3n) is 1.31. The molecule has 0 radical (unpaired) electrons. The second-order valence-electron chi connectivity index (χ2n) is 2.27. The van der Waals surface area contributed by atoms with Gasteiger partial charge in [-0.2, -0.15) is 11.8 Å². The van der Waals surface area contributed by atoms with E-state index in [2.05, 4.69) is 5.32 Å². The highest BCUT2D eigenvalue weighted by molar-refractivity contribution is 7.99. The van der Waals surface area contributed by atoms with Crippen molar-refractivity contribution in [2.45, 2.75) is 6.10 Å². The topological polar surface area (TPSA) is 64.3 Å². The molecule has 1 heterocycles. The molecule has 5 heteroatoms. The third-order valence-corrected chi connectivity index (χ3v) is 2.45. The summed E-state index contributed by atoms with van der Waals surface area (Å²) in [5.74, 6) is 1.77. The number of alkyl carbamates (subject to hydrolysis) is 1. The molecule has 0 saturated carbocycles. The van der Waals surface area contributed by atoms with Crippen LogP contribution in [0.25, 0.3) is 0 Å². The molecule has 1 unspecified atom stereocenters. The lowest BCUT2D eigenvalue weighted by Gasteiger charge is -2.05. The molecule has 0 aromatic carbocycles. The van der Waals surface area contributed by atoms with E-state index in [4.69, 9.17) is 10.5 Å². The Labute approximate surface area is 69.8 Å². The number of carbonyl (C=O) groups excluding carboxylic acids is 1. The first-order chi connectivity index (χ1) is 5.33. The monoisotopic (exact) mass is 176 g/mol. The molecule has 1 saturated heterocycles. The minimum Gasteiger partial charge on any atom is -0.443 e. The first-order valence-electron chi connectivity index (χ1n) is 3.55. The van der Waals surface area contributed by atoms with E-state index in [1.807, 2.05) is 0 Å². The summed E-state index contributed by atoms with van der Waals surface area (Å²) in [5, 5.41) is 2.59. The molecule has 1 aliphatic heterocycles. The molecule has 1 amide bonds. The Hall–Kier alpha value is -0.420. The van der Waals surface area contributed by atoms with E-state index in [9.17, 15) is 4.79 Å². The van der Waals surface area contributed by atoms with Gasteiger partial charge in [0.25, 0.3) is 0 Å². The predicted octanol–water partition coefficient (Wildman–Crippen LogP) is -0.213. The smallest absolute Gasteiger partial charge is 0.407 e. The Kier molecular flexibility index (Phi) is 3.51. The van der Waals surface area contributed by atoms with Crippen molar-refractivity contribution in [1.29, 1.82) is 0 Å². The summed E-state index contributed by atoms with van der Waals surface area (Å²) in [6.45, 7) is 1.31. The molecule has 0 aliphatic carbocycles. The van der Waals surface area contributed by atoms with Crippen LogP contribution in [-0.4, -0.2) is 36.8 Å². The maximum atomic E-state index is 10.5. The molecular weight excluding hydrogens is 164 g/mol. The van der Waals surface area contributed by atoms with Crippen LogP contribution in [0, 0.1) is 0 Å². The van der Waals surface area contributed by atoms with E-state index in [0.717, 1.165) is 11.5 Å². The first-order valence-corrected chi connectivity index (χ1v) is 4.70. The number of hydrogen-bond acceptors (Lipinski definition) is 4. The van der Waals surface area contributed by atoms with Crippen molar-refractivity contribution in [2.24, 2.45) is 5.73 Å². The van der Waals surface area contributed by atoms with Gasteiger partial charge in [0.05, 0.1) is 6.54 Å². The Morgan fingerprint density at radius 1 is 1.82 bits per heavy atom. The second kappa shape index (κ2) is 4.46. The van der Waals surface area contributed by atoms with Crippen molar-refractivity contribution in [2.75, 3.05) is 24.6 Å². The fourth-order valence-electron chi connectivity index (χ4n) is 0.823. The Balaban J connectivity index is 2.04. The summed E-state index contributed by atoms with van der Waals surface area (Å²) >= 11 is 1.71. The molecule has 11 heavy (non-hydrogen) atoms. The molecule has 0 aromatic rings. The number of carbonyl (C=O) groups is 1. The van der Waals surface area contributed by atoms with Gasteiger partial charge in [0, 0.05) is 18.1 Å². The number of amides is 1. The van der Waals surface area contributed by atoms with E-state index < -0.39 is 0 Å². The molecular formula is C6H12N2O2S. The molecule has 4 nitrogen and oxygen atoms in total. The molecule has 1 fully saturated rings. The summed E-state index contributed by atoms with van der Waals surface area (Å²) in [4.78, 5) is 10.5. The Morgan fingerprint density at radius 2 is 2.64 bits per heavy atom. The van der Waals surface area contributed by atoms with Crippen molar-refractivity contribution in [3.05, 3.63) is 0 Å². The van der Waals surface area contributed by atoms with Crippen LogP contribution in [0.3, 0.4) is 0 Å². The second-order valence-corrected chi connectivity index (χ2v) is 3.42. The van der Waals surface area contributed by atoms with Crippen LogP contribution in [0.4, 0.5) is 4.79 Å². The molecule has 1 aliphatic rings. The average molecular weight is 176 g/mol. The first kappa shape index (κ1) is 8.67. The summed E-state index contributed by atoms with van der Waals surface area (Å²) in [7, 11) is 0. The molecule has 0 bridgehead atoms. The van der Waals surface area contributed by atoms with Gasteiger partial charge in [0.1, 0.15) is 6.10 Å². The summed E-state index contributed by atoms with van der Waals surface area (Å²) < 4.78 is 4.90. The maximum absolute atomic E-state index is 10.5. The van der Waals surface area contributed by atoms with Gasteiger partial charge in [0.2, 0.25) is 0 Å². The van der Waals surface area contributed by atoms with Gasteiger partial charge in [-0.05, 0) is 0 Å². The Bertz CT molecular complexity index is 143. The standard InChI is InChI=1S/C6H12N2O2S/c7-1-2-11-4-5-3-8-6(9)10-5/h5H,1-4,7H2,(H,8,9). The minimum atomic E-state index is -0.302. The van der Waals surface area contributed by atoms with Crippen LogP contribution in [0.2, 0.25) is 0 Å². The van der Waals surface area contributed by atoms with Crippen LogP contribution in [0.15, 0.2) is 0 Å². The highest BCUT2D eigenvalue weighted by Gasteiger charge is 2.21. The number of nitrogens with two attached hydrogens (primary N) is 1. The number of hydrogen-bond donors (Lipinski definition) is 2. The lowest BCUT2D eigenvalue weighted by molar-refractivity contribution is 0.150. The van der Waals surface area contributed by atoms with Gasteiger partial charge >= 0.3 is 6.09 Å². The van der Waals surface area contributed by atoms with Gasteiger partial charge in [-0.1, -0.05) is 0 Å². The van der Waals surface area contributed by atoms with Crippen molar-refractivity contribution < 1.29 is 9.53 Å². The van der Waals surface area contributed by atoms with Crippen LogP contribution < -0.4 is 11.1 Å². The maximum Gasteiger partial charge on any atom is 0.407 e. The minimum absolute atomic E-state index is 0.0408. The summed E-state index contributed by atoms with van der Waals surface area (Å²) in [6.07, 6.45) is -0.262. The SMILES string of the molecule is NCCSCC1CNC(=O)O1.